The number of aromatic nitrogens is 1. The summed E-state index contributed by atoms with van der Waals surface area (Å²) < 4.78 is 5.10. The van der Waals surface area contributed by atoms with E-state index in [0.717, 1.165) is 16.0 Å². The van der Waals surface area contributed by atoms with E-state index in [0.29, 0.717) is 21.6 Å². The van der Waals surface area contributed by atoms with Crippen LogP contribution in [0.25, 0.3) is 21.7 Å². The van der Waals surface area contributed by atoms with Crippen LogP contribution in [0.5, 0.6) is 0 Å². The molecule has 2 N–H and O–H groups in total. The number of nitrogens with zero attached hydrogens (tertiary/aromatic N) is 1. The van der Waals surface area contributed by atoms with E-state index in [9.17, 15) is 0 Å². The molecule has 96 valence electrons. The number of benzene rings is 1. The van der Waals surface area contributed by atoms with Crippen molar-refractivity contribution in [2.45, 2.75) is 0 Å². The molecule has 0 aliphatic rings. The van der Waals surface area contributed by atoms with Crippen LogP contribution in [-0.2, 0) is 0 Å². The summed E-state index contributed by atoms with van der Waals surface area (Å²) in [5.41, 5.74) is 8.12. The molecule has 0 spiro atoms. The first-order valence-electron chi connectivity index (χ1n) is 5.41. The van der Waals surface area contributed by atoms with Crippen LogP contribution in [0, 0.1) is 0 Å². The van der Waals surface area contributed by atoms with Crippen molar-refractivity contribution in [1.82, 2.24) is 5.16 Å². The number of hydrogen-bond acceptors (Lipinski definition) is 4. The van der Waals surface area contributed by atoms with Crippen molar-refractivity contribution in [2.75, 3.05) is 5.73 Å². The molecule has 3 rings (SSSR count). The maximum Gasteiger partial charge on any atom is 0.231 e. The predicted octanol–water partition coefficient (Wildman–Crippen LogP) is 4.96. The van der Waals surface area contributed by atoms with Crippen LogP contribution in [0.2, 0.25) is 10.0 Å². The monoisotopic (exact) mass is 310 g/mol. The van der Waals surface area contributed by atoms with E-state index in [1.807, 2.05) is 23.6 Å². The molecule has 0 unspecified atom stereocenters. The molecule has 0 fully saturated rings. The summed E-state index contributed by atoms with van der Waals surface area (Å²) in [5.74, 6) is 0.295. The first kappa shape index (κ1) is 12.5. The first-order chi connectivity index (χ1) is 9.16. The second-order valence-corrected chi connectivity index (χ2v) is 5.64. The molecule has 0 aliphatic heterocycles. The standard InChI is InChI=1S/C13H8Cl2N2OS/c14-8-4-3-7(6-9(8)15)12-11(13(16)18-17-12)10-2-1-5-19-10/h1-6H,16H2. The van der Waals surface area contributed by atoms with Crippen molar-refractivity contribution >= 4 is 40.4 Å². The van der Waals surface area contributed by atoms with Crippen LogP contribution in [-0.4, -0.2) is 5.16 Å². The number of halogens is 2. The van der Waals surface area contributed by atoms with Gasteiger partial charge in [0, 0.05) is 10.4 Å². The van der Waals surface area contributed by atoms with Gasteiger partial charge in [0.1, 0.15) is 5.69 Å². The Labute approximate surface area is 123 Å². The highest BCUT2D eigenvalue weighted by Gasteiger charge is 2.18. The van der Waals surface area contributed by atoms with Gasteiger partial charge in [-0.25, -0.2) is 0 Å². The van der Waals surface area contributed by atoms with E-state index >= 15 is 0 Å². The van der Waals surface area contributed by atoms with Gasteiger partial charge in [0.05, 0.1) is 15.6 Å². The van der Waals surface area contributed by atoms with E-state index in [1.165, 1.54) is 0 Å². The highest BCUT2D eigenvalue weighted by atomic mass is 35.5. The Balaban J connectivity index is 2.18. The average Bonchev–Trinajstić information content (AvgIpc) is 3.01. The van der Waals surface area contributed by atoms with Crippen molar-refractivity contribution < 1.29 is 4.52 Å². The third-order valence-corrected chi connectivity index (χ3v) is 4.31. The zero-order valence-electron chi connectivity index (χ0n) is 9.56. The molecule has 3 aromatic rings. The lowest BCUT2D eigenvalue weighted by Gasteiger charge is -2.02. The summed E-state index contributed by atoms with van der Waals surface area (Å²) in [4.78, 5) is 1.000. The predicted molar refractivity (Wildman–Crippen MR) is 79.7 cm³/mol. The summed E-state index contributed by atoms with van der Waals surface area (Å²) in [6, 6.07) is 9.23. The Morgan fingerprint density at radius 2 is 2.00 bits per heavy atom. The molecule has 1 aromatic carbocycles. The molecule has 2 heterocycles. The minimum Gasteiger partial charge on any atom is -0.367 e. The van der Waals surface area contributed by atoms with Crippen molar-refractivity contribution in [2.24, 2.45) is 0 Å². The fourth-order valence-corrected chi connectivity index (χ4v) is 2.88. The summed E-state index contributed by atoms with van der Waals surface area (Å²) >= 11 is 13.5. The molecule has 0 bridgehead atoms. The fourth-order valence-electron chi connectivity index (χ4n) is 1.80. The van der Waals surface area contributed by atoms with Crippen LogP contribution in [0.3, 0.4) is 0 Å². The maximum absolute atomic E-state index is 6.03. The second kappa shape index (κ2) is 4.89. The third kappa shape index (κ3) is 2.23. The number of nitrogen functional groups attached to an aromatic ring is 1. The highest BCUT2D eigenvalue weighted by molar-refractivity contribution is 7.13. The van der Waals surface area contributed by atoms with Gasteiger partial charge in [-0.3, -0.25) is 0 Å². The van der Waals surface area contributed by atoms with Crippen molar-refractivity contribution in [1.29, 1.82) is 0 Å². The van der Waals surface area contributed by atoms with E-state index in [2.05, 4.69) is 5.16 Å². The number of rotatable bonds is 2. The van der Waals surface area contributed by atoms with Gasteiger partial charge in [0.2, 0.25) is 5.88 Å². The van der Waals surface area contributed by atoms with Gasteiger partial charge >= 0.3 is 0 Å². The molecule has 2 aromatic heterocycles. The number of nitrogens with two attached hydrogens (primary N) is 1. The van der Waals surface area contributed by atoms with E-state index < -0.39 is 0 Å². The van der Waals surface area contributed by atoms with Crippen molar-refractivity contribution in [3.63, 3.8) is 0 Å². The molecule has 19 heavy (non-hydrogen) atoms. The number of anilines is 1. The Bertz CT molecular complexity index is 722. The lowest BCUT2D eigenvalue weighted by atomic mass is 10.1. The minimum absolute atomic E-state index is 0.295. The Morgan fingerprint density at radius 3 is 2.68 bits per heavy atom. The first-order valence-corrected chi connectivity index (χ1v) is 7.05. The van der Waals surface area contributed by atoms with Crippen LogP contribution in [0.1, 0.15) is 0 Å². The number of hydrogen-bond donors (Lipinski definition) is 1. The SMILES string of the molecule is Nc1onc(-c2ccc(Cl)c(Cl)c2)c1-c1cccs1. The molecule has 0 radical (unpaired) electrons. The summed E-state index contributed by atoms with van der Waals surface area (Å²) in [6.07, 6.45) is 0. The molecule has 0 aliphatic carbocycles. The quantitative estimate of drug-likeness (QED) is 0.728. The van der Waals surface area contributed by atoms with Gasteiger partial charge in [-0.05, 0) is 23.6 Å². The van der Waals surface area contributed by atoms with E-state index in [4.69, 9.17) is 33.5 Å². The molecule has 3 nitrogen and oxygen atoms in total. The molecular formula is C13H8Cl2N2OS. The molecule has 0 saturated carbocycles. The van der Waals surface area contributed by atoms with Gasteiger partial charge in [-0.15, -0.1) is 11.3 Å². The van der Waals surface area contributed by atoms with Gasteiger partial charge in [-0.1, -0.05) is 40.5 Å². The average molecular weight is 311 g/mol. The minimum atomic E-state index is 0.295. The molecule has 0 atom stereocenters. The smallest absolute Gasteiger partial charge is 0.231 e. The van der Waals surface area contributed by atoms with Crippen molar-refractivity contribution in [3.8, 4) is 21.7 Å². The topological polar surface area (TPSA) is 52.0 Å². The van der Waals surface area contributed by atoms with Gasteiger partial charge in [0.25, 0.3) is 0 Å². The fraction of sp³-hybridized carbons (Fsp3) is 0. The molecular weight excluding hydrogens is 303 g/mol. The zero-order valence-corrected chi connectivity index (χ0v) is 11.9. The van der Waals surface area contributed by atoms with E-state index in [-0.39, 0.29) is 0 Å². The van der Waals surface area contributed by atoms with Crippen LogP contribution in [0.4, 0.5) is 5.88 Å². The maximum atomic E-state index is 6.03. The lowest BCUT2D eigenvalue weighted by molar-refractivity contribution is 0.439. The third-order valence-electron chi connectivity index (χ3n) is 2.68. The Hall–Kier alpha value is -1.49. The number of thiophene rings is 1. The van der Waals surface area contributed by atoms with Crippen LogP contribution < -0.4 is 5.73 Å². The summed E-state index contributed by atoms with van der Waals surface area (Å²) in [6.45, 7) is 0. The normalized spacial score (nSPS) is 10.8. The van der Waals surface area contributed by atoms with Gasteiger partial charge in [0.15, 0.2) is 0 Å². The zero-order chi connectivity index (χ0) is 13.4. The van der Waals surface area contributed by atoms with Crippen LogP contribution in [0.15, 0.2) is 40.2 Å². The summed E-state index contributed by atoms with van der Waals surface area (Å²) in [7, 11) is 0. The largest absolute Gasteiger partial charge is 0.367 e. The Kier molecular flexibility index (Phi) is 3.22. The Morgan fingerprint density at radius 1 is 1.16 bits per heavy atom. The van der Waals surface area contributed by atoms with E-state index in [1.54, 1.807) is 23.5 Å². The van der Waals surface area contributed by atoms with Crippen molar-refractivity contribution in [3.05, 3.63) is 45.8 Å². The van der Waals surface area contributed by atoms with Gasteiger partial charge < -0.3 is 10.3 Å². The second-order valence-electron chi connectivity index (χ2n) is 3.88. The highest BCUT2D eigenvalue weighted by Crippen LogP contribution is 2.39. The van der Waals surface area contributed by atoms with Crippen LogP contribution >= 0.6 is 34.5 Å². The van der Waals surface area contributed by atoms with Gasteiger partial charge in [-0.2, -0.15) is 0 Å². The summed E-state index contributed by atoms with van der Waals surface area (Å²) in [5, 5.41) is 6.96. The molecule has 0 saturated heterocycles. The molecule has 6 heteroatoms. The molecule has 0 amide bonds. The lowest BCUT2D eigenvalue weighted by Crippen LogP contribution is -1.85.